The van der Waals surface area contributed by atoms with Crippen LogP contribution in [0.2, 0.25) is 0 Å². The average molecular weight is 374 g/mol. The van der Waals surface area contributed by atoms with Crippen molar-refractivity contribution in [1.82, 2.24) is 5.32 Å². The Hall–Kier alpha value is -1.98. The van der Waals surface area contributed by atoms with Gasteiger partial charge in [-0.1, -0.05) is 24.3 Å². The van der Waals surface area contributed by atoms with Gasteiger partial charge >= 0.3 is 0 Å². The van der Waals surface area contributed by atoms with Crippen LogP contribution < -0.4 is 15.0 Å². The fourth-order valence-electron chi connectivity index (χ4n) is 2.64. The highest BCUT2D eigenvalue weighted by molar-refractivity contribution is 8.00. The molecule has 0 heterocycles. The smallest absolute Gasteiger partial charge is 0.230 e. The van der Waals surface area contributed by atoms with Crippen molar-refractivity contribution in [3.63, 3.8) is 0 Å². The van der Waals surface area contributed by atoms with E-state index in [-0.39, 0.29) is 5.91 Å². The Kier molecular flexibility index (Phi) is 8.51. The minimum Gasteiger partial charge on any atom is -0.497 e. The van der Waals surface area contributed by atoms with Crippen molar-refractivity contribution < 1.29 is 14.4 Å². The Morgan fingerprint density at radius 3 is 2.19 bits per heavy atom. The molecule has 0 unspecified atom stereocenters. The Labute approximate surface area is 160 Å². The van der Waals surface area contributed by atoms with Gasteiger partial charge < -0.3 is 15.0 Å². The molecule has 26 heavy (non-hydrogen) atoms. The van der Waals surface area contributed by atoms with E-state index in [1.165, 1.54) is 17.3 Å². The van der Waals surface area contributed by atoms with E-state index in [9.17, 15) is 4.79 Å². The number of methoxy groups -OCH3 is 1. The highest BCUT2D eigenvalue weighted by Gasteiger charge is 2.06. The highest BCUT2D eigenvalue weighted by Crippen LogP contribution is 2.20. The van der Waals surface area contributed by atoms with E-state index >= 15 is 0 Å². The van der Waals surface area contributed by atoms with E-state index in [4.69, 9.17) is 4.74 Å². The lowest BCUT2D eigenvalue weighted by Crippen LogP contribution is -3.10. The number of ether oxygens (including phenoxy) is 1. The molecule has 2 N–H and O–H groups in total. The molecule has 5 heteroatoms. The SMILES string of the molecule is CC[NH+](CC)Cc1ccc(CNC(=O)CSc2ccc(OC)cc2)cc1. The Balaban J connectivity index is 1.74. The van der Waals surface area contributed by atoms with Gasteiger partial charge in [0.25, 0.3) is 0 Å². The molecule has 4 nitrogen and oxygen atoms in total. The van der Waals surface area contributed by atoms with Crippen LogP contribution in [0.3, 0.4) is 0 Å². The van der Waals surface area contributed by atoms with Crippen molar-refractivity contribution in [2.24, 2.45) is 0 Å². The maximum absolute atomic E-state index is 12.0. The monoisotopic (exact) mass is 373 g/mol. The number of amides is 1. The molecule has 0 aliphatic heterocycles. The van der Waals surface area contributed by atoms with E-state index in [2.05, 4.69) is 43.4 Å². The number of quaternary nitrogens is 1. The third kappa shape index (κ3) is 6.73. The van der Waals surface area contributed by atoms with Crippen LogP contribution in [0.4, 0.5) is 0 Å². The van der Waals surface area contributed by atoms with Gasteiger partial charge in [-0.2, -0.15) is 0 Å². The van der Waals surface area contributed by atoms with Gasteiger partial charge in [-0.05, 0) is 43.7 Å². The molecule has 2 rings (SSSR count). The molecule has 0 bridgehead atoms. The lowest BCUT2D eigenvalue weighted by atomic mass is 10.1. The molecule has 0 aliphatic rings. The van der Waals surface area contributed by atoms with Crippen LogP contribution in [0.1, 0.15) is 25.0 Å². The minimum atomic E-state index is 0.0440. The molecular weight excluding hydrogens is 344 g/mol. The topological polar surface area (TPSA) is 42.8 Å². The summed E-state index contributed by atoms with van der Waals surface area (Å²) in [5.74, 6) is 1.28. The quantitative estimate of drug-likeness (QED) is 0.629. The normalized spacial score (nSPS) is 10.8. The lowest BCUT2D eigenvalue weighted by molar-refractivity contribution is -0.910. The summed E-state index contributed by atoms with van der Waals surface area (Å²) in [7, 11) is 1.65. The zero-order valence-electron chi connectivity index (χ0n) is 15.9. The summed E-state index contributed by atoms with van der Waals surface area (Å²) in [6.07, 6.45) is 0. The van der Waals surface area contributed by atoms with Gasteiger partial charge in [0.15, 0.2) is 0 Å². The summed E-state index contributed by atoms with van der Waals surface area (Å²) in [4.78, 5) is 14.7. The molecule has 0 radical (unpaired) electrons. The second-order valence-corrected chi connectivity index (χ2v) is 7.24. The van der Waals surface area contributed by atoms with Gasteiger partial charge in [0.2, 0.25) is 5.91 Å². The molecule has 0 spiro atoms. The van der Waals surface area contributed by atoms with Crippen LogP contribution in [-0.2, 0) is 17.9 Å². The van der Waals surface area contributed by atoms with Gasteiger partial charge in [-0.25, -0.2) is 0 Å². The van der Waals surface area contributed by atoms with Crippen molar-refractivity contribution in [2.75, 3.05) is 26.0 Å². The van der Waals surface area contributed by atoms with E-state index in [1.807, 2.05) is 24.3 Å². The van der Waals surface area contributed by atoms with Gasteiger partial charge in [-0.15, -0.1) is 11.8 Å². The summed E-state index contributed by atoms with van der Waals surface area (Å²) in [5, 5.41) is 2.98. The van der Waals surface area contributed by atoms with Crippen molar-refractivity contribution in [3.8, 4) is 5.75 Å². The van der Waals surface area contributed by atoms with Crippen molar-refractivity contribution >= 4 is 17.7 Å². The Morgan fingerprint density at radius 2 is 1.62 bits per heavy atom. The number of hydrogen-bond donors (Lipinski definition) is 2. The van der Waals surface area contributed by atoms with Gasteiger partial charge in [-0.3, -0.25) is 4.79 Å². The fraction of sp³-hybridized carbons (Fsp3) is 0.381. The fourth-order valence-corrected chi connectivity index (χ4v) is 3.36. The van der Waals surface area contributed by atoms with Gasteiger partial charge in [0, 0.05) is 17.0 Å². The molecule has 0 aromatic heterocycles. The number of carbonyl (C=O) groups is 1. The predicted octanol–water partition coefficient (Wildman–Crippen LogP) is 2.53. The van der Waals surface area contributed by atoms with Gasteiger partial charge in [0.05, 0.1) is 26.0 Å². The Bertz CT molecular complexity index is 667. The van der Waals surface area contributed by atoms with Crippen molar-refractivity contribution in [1.29, 1.82) is 0 Å². The minimum absolute atomic E-state index is 0.0440. The first kappa shape index (κ1) is 20.3. The number of hydrogen-bond acceptors (Lipinski definition) is 3. The van der Waals surface area contributed by atoms with Crippen molar-refractivity contribution in [3.05, 3.63) is 59.7 Å². The maximum atomic E-state index is 12.0. The molecule has 0 fully saturated rings. The summed E-state index contributed by atoms with van der Waals surface area (Å²) in [6.45, 7) is 8.33. The standard InChI is InChI=1S/C21H28N2O2S/c1-4-23(5-2)15-18-8-6-17(7-9-18)14-22-21(24)16-26-20-12-10-19(25-3)11-13-20/h6-13H,4-5,14-16H2,1-3H3,(H,22,24)/p+1. The maximum Gasteiger partial charge on any atom is 0.230 e. The predicted molar refractivity (Wildman–Crippen MR) is 108 cm³/mol. The molecule has 140 valence electrons. The van der Waals surface area contributed by atoms with Crippen LogP contribution in [-0.4, -0.2) is 31.9 Å². The van der Waals surface area contributed by atoms with E-state index in [0.29, 0.717) is 12.3 Å². The van der Waals surface area contributed by atoms with Crippen LogP contribution in [0.25, 0.3) is 0 Å². The third-order valence-electron chi connectivity index (χ3n) is 4.40. The lowest BCUT2D eigenvalue weighted by Gasteiger charge is -2.15. The van der Waals surface area contributed by atoms with E-state index < -0.39 is 0 Å². The highest BCUT2D eigenvalue weighted by atomic mass is 32.2. The van der Waals surface area contributed by atoms with Crippen LogP contribution >= 0.6 is 11.8 Å². The molecule has 0 aliphatic carbocycles. The summed E-state index contributed by atoms with van der Waals surface area (Å²) in [6, 6.07) is 16.3. The van der Waals surface area contributed by atoms with Crippen LogP contribution in [0.15, 0.2) is 53.4 Å². The average Bonchev–Trinajstić information content (AvgIpc) is 2.70. The number of thioether (sulfide) groups is 1. The molecular formula is C21H29N2O2S+. The first-order chi connectivity index (χ1) is 12.6. The second-order valence-electron chi connectivity index (χ2n) is 6.19. The van der Waals surface area contributed by atoms with E-state index in [0.717, 1.165) is 35.8 Å². The molecule has 1 amide bonds. The summed E-state index contributed by atoms with van der Waals surface area (Å²) >= 11 is 1.53. The zero-order valence-corrected chi connectivity index (χ0v) is 16.7. The number of rotatable bonds is 10. The Morgan fingerprint density at radius 1 is 1.00 bits per heavy atom. The third-order valence-corrected chi connectivity index (χ3v) is 5.41. The first-order valence-corrected chi connectivity index (χ1v) is 10.1. The largest absolute Gasteiger partial charge is 0.497 e. The van der Waals surface area contributed by atoms with Gasteiger partial charge in [0.1, 0.15) is 12.3 Å². The van der Waals surface area contributed by atoms with Crippen LogP contribution in [0.5, 0.6) is 5.75 Å². The molecule has 0 atom stereocenters. The van der Waals surface area contributed by atoms with Crippen LogP contribution in [0, 0.1) is 0 Å². The zero-order chi connectivity index (χ0) is 18.8. The van der Waals surface area contributed by atoms with E-state index in [1.54, 1.807) is 12.0 Å². The second kappa shape index (κ2) is 10.9. The van der Waals surface area contributed by atoms with Crippen molar-refractivity contribution in [2.45, 2.75) is 31.8 Å². The molecule has 2 aromatic carbocycles. The first-order valence-electron chi connectivity index (χ1n) is 9.09. The molecule has 0 saturated carbocycles. The summed E-state index contributed by atoms with van der Waals surface area (Å²) < 4.78 is 5.13. The summed E-state index contributed by atoms with van der Waals surface area (Å²) in [5.41, 5.74) is 2.47. The number of benzene rings is 2. The molecule has 2 aromatic rings. The number of nitrogens with one attached hydrogen (secondary N) is 2. The number of carbonyl (C=O) groups excluding carboxylic acids is 1. The molecule has 0 saturated heterocycles.